The van der Waals surface area contributed by atoms with Crippen LogP contribution in [0.4, 0.5) is 24.5 Å². The smallest absolute Gasteiger partial charge is 0.311 e. The van der Waals surface area contributed by atoms with Crippen molar-refractivity contribution < 1.29 is 31.3 Å². The van der Waals surface area contributed by atoms with Gasteiger partial charge in [-0.15, -0.1) is 11.8 Å². The van der Waals surface area contributed by atoms with Crippen molar-refractivity contribution in [3.63, 3.8) is 0 Å². The monoisotopic (exact) mass is 474 g/mol. The number of carbonyl (C=O) groups excluding carboxylic acids is 1. The van der Waals surface area contributed by atoms with E-state index in [1.165, 1.54) is 17.0 Å². The van der Waals surface area contributed by atoms with Crippen molar-refractivity contribution >= 4 is 38.9 Å². The molecule has 1 aliphatic rings. The molecule has 2 aromatic rings. The number of anilines is 1. The minimum Gasteiger partial charge on any atom is -0.311 e. The number of halogens is 3. The van der Waals surface area contributed by atoms with E-state index in [1.807, 2.05) is 0 Å². The highest BCUT2D eigenvalue weighted by atomic mass is 32.2. The van der Waals surface area contributed by atoms with Gasteiger partial charge in [0, 0.05) is 24.6 Å². The van der Waals surface area contributed by atoms with Crippen molar-refractivity contribution in [1.29, 1.82) is 0 Å². The molecule has 0 unspecified atom stereocenters. The molecule has 1 amide bonds. The molecule has 0 aliphatic carbocycles. The number of sulfone groups is 1. The van der Waals surface area contributed by atoms with E-state index in [0.29, 0.717) is 36.7 Å². The normalized spacial score (nSPS) is 14.3. The maximum absolute atomic E-state index is 12.8. The summed E-state index contributed by atoms with van der Waals surface area (Å²) in [6.45, 7) is 0.389. The lowest BCUT2D eigenvalue weighted by Crippen LogP contribution is -2.36. The maximum atomic E-state index is 12.8. The fourth-order valence-corrected chi connectivity index (χ4v) is 4.79. The number of fused-ring (bicyclic) bond motifs is 1. The van der Waals surface area contributed by atoms with Crippen LogP contribution in [0.1, 0.15) is 17.5 Å². The van der Waals surface area contributed by atoms with Gasteiger partial charge in [0.1, 0.15) is 0 Å². The molecule has 7 nitrogen and oxygen atoms in total. The first-order valence-corrected chi connectivity index (χ1v) is 11.9. The highest BCUT2D eigenvalue weighted by Crippen LogP contribution is 2.37. The van der Waals surface area contributed by atoms with Crippen molar-refractivity contribution in [3.8, 4) is 0 Å². The van der Waals surface area contributed by atoms with Gasteiger partial charge in [0.15, 0.2) is 9.84 Å². The molecule has 0 radical (unpaired) electrons. The number of nitro benzene ring substituents is 1. The van der Waals surface area contributed by atoms with Gasteiger partial charge in [0.05, 0.1) is 26.0 Å². The van der Waals surface area contributed by atoms with Crippen LogP contribution in [0.3, 0.4) is 0 Å². The van der Waals surface area contributed by atoms with Gasteiger partial charge < -0.3 is 4.90 Å². The number of nitrogens with zero attached hydrogens (tertiary/aromatic N) is 2. The molecule has 1 aliphatic heterocycles. The molecular formula is C19H17F3N2O5S2. The molecule has 1 heterocycles. The fraction of sp³-hybridized carbons (Fsp3) is 0.316. The number of alkyl halides is 3. The molecule has 3 rings (SSSR count). The Morgan fingerprint density at radius 2 is 1.94 bits per heavy atom. The summed E-state index contributed by atoms with van der Waals surface area (Å²) in [4.78, 5) is 24.6. The number of rotatable bonds is 5. The average Bonchev–Trinajstić information content (AvgIpc) is 2.69. The van der Waals surface area contributed by atoms with Gasteiger partial charge in [-0.05, 0) is 48.7 Å². The predicted octanol–water partition coefficient (Wildman–Crippen LogP) is 4.09. The van der Waals surface area contributed by atoms with Crippen molar-refractivity contribution in [1.82, 2.24) is 0 Å². The fourth-order valence-electron chi connectivity index (χ4n) is 3.24. The molecule has 0 saturated heterocycles. The van der Waals surface area contributed by atoms with E-state index in [0.717, 1.165) is 30.2 Å². The van der Waals surface area contributed by atoms with Gasteiger partial charge in [-0.2, -0.15) is 13.2 Å². The average molecular weight is 474 g/mol. The van der Waals surface area contributed by atoms with Gasteiger partial charge in [0.25, 0.3) is 5.69 Å². The topological polar surface area (TPSA) is 97.6 Å². The number of nitro groups is 1. The minimum atomic E-state index is -4.72. The molecule has 0 aromatic heterocycles. The predicted molar refractivity (Wildman–Crippen MR) is 109 cm³/mol. The second-order valence-corrected chi connectivity index (χ2v) is 9.97. The third-order valence-corrected chi connectivity index (χ3v) is 6.89. The molecule has 0 bridgehead atoms. The molecule has 0 fully saturated rings. The number of benzene rings is 2. The Morgan fingerprint density at radius 1 is 1.23 bits per heavy atom. The quantitative estimate of drug-likeness (QED) is 0.368. The molecule has 0 atom stereocenters. The molecule has 2 aromatic carbocycles. The second-order valence-electron chi connectivity index (χ2n) is 6.94. The zero-order valence-electron chi connectivity index (χ0n) is 16.2. The Morgan fingerprint density at radius 3 is 2.55 bits per heavy atom. The van der Waals surface area contributed by atoms with Crippen LogP contribution in [0.2, 0.25) is 0 Å². The minimum absolute atomic E-state index is 0.0454. The summed E-state index contributed by atoms with van der Waals surface area (Å²) in [6, 6.07) is 6.67. The van der Waals surface area contributed by atoms with Gasteiger partial charge in [-0.1, -0.05) is 0 Å². The molecule has 0 N–H and O–H groups in total. The number of aryl methyl sites for hydroxylation is 1. The Labute approximate surface area is 180 Å². The molecule has 0 spiro atoms. The summed E-state index contributed by atoms with van der Waals surface area (Å²) in [6.07, 6.45) is -2.42. The Hall–Kier alpha value is -2.60. The van der Waals surface area contributed by atoms with Gasteiger partial charge >= 0.3 is 6.18 Å². The summed E-state index contributed by atoms with van der Waals surface area (Å²) < 4.78 is 62.0. The third-order valence-electron chi connectivity index (χ3n) is 4.73. The zero-order valence-corrected chi connectivity index (χ0v) is 17.8. The number of hydrogen-bond acceptors (Lipinski definition) is 6. The van der Waals surface area contributed by atoms with Crippen LogP contribution in [0.15, 0.2) is 46.2 Å². The largest absolute Gasteiger partial charge is 0.416 e. The molecule has 166 valence electrons. The summed E-state index contributed by atoms with van der Waals surface area (Å²) in [5, 5.41) is 11.2. The van der Waals surface area contributed by atoms with Crippen LogP contribution in [0.5, 0.6) is 0 Å². The Bertz CT molecular complexity index is 1150. The van der Waals surface area contributed by atoms with E-state index in [-0.39, 0.29) is 21.5 Å². The molecule has 12 heteroatoms. The van der Waals surface area contributed by atoms with Gasteiger partial charge in [-0.25, -0.2) is 8.42 Å². The highest BCUT2D eigenvalue weighted by molar-refractivity contribution is 8.00. The third kappa shape index (κ3) is 5.18. The second kappa shape index (κ2) is 8.50. The Kier molecular flexibility index (Phi) is 6.33. The molecule has 31 heavy (non-hydrogen) atoms. The van der Waals surface area contributed by atoms with Crippen molar-refractivity contribution in [2.75, 3.05) is 23.5 Å². The number of thioether (sulfide) groups is 1. The van der Waals surface area contributed by atoms with E-state index >= 15 is 0 Å². The lowest BCUT2D eigenvalue weighted by Gasteiger charge is -2.29. The first-order valence-electron chi connectivity index (χ1n) is 8.99. The van der Waals surface area contributed by atoms with Crippen molar-refractivity contribution in [3.05, 3.63) is 57.6 Å². The first-order chi connectivity index (χ1) is 14.4. The number of carbonyl (C=O) groups is 1. The summed E-state index contributed by atoms with van der Waals surface area (Å²) in [5.74, 6) is -0.605. The van der Waals surface area contributed by atoms with E-state index in [9.17, 15) is 36.5 Å². The zero-order chi connectivity index (χ0) is 23.0. The highest BCUT2D eigenvalue weighted by Gasteiger charge is 2.33. The molecule has 0 saturated carbocycles. The maximum Gasteiger partial charge on any atom is 0.416 e. The van der Waals surface area contributed by atoms with Crippen LogP contribution >= 0.6 is 11.8 Å². The van der Waals surface area contributed by atoms with Crippen LogP contribution in [0.25, 0.3) is 0 Å². The SMILES string of the molecule is CS(=O)(=O)c1ccc2c(c1)CCCN2C(=O)CSc1ccc(C(F)(F)F)cc1[N+](=O)[O-]. The molecular weight excluding hydrogens is 457 g/mol. The standard InChI is InChI=1S/C19H17F3N2O5S2/c1-31(28,29)14-5-6-15-12(9-14)3-2-8-23(15)18(25)11-30-17-7-4-13(19(20,21)22)10-16(17)24(26)27/h4-7,9-10H,2-3,8,11H2,1H3. The van der Waals surface area contributed by atoms with Crippen LogP contribution in [0, 0.1) is 10.1 Å². The van der Waals surface area contributed by atoms with E-state index < -0.39 is 32.2 Å². The van der Waals surface area contributed by atoms with E-state index in [1.54, 1.807) is 6.07 Å². The van der Waals surface area contributed by atoms with E-state index in [2.05, 4.69) is 0 Å². The van der Waals surface area contributed by atoms with Crippen molar-refractivity contribution in [2.24, 2.45) is 0 Å². The Balaban J connectivity index is 1.80. The van der Waals surface area contributed by atoms with Gasteiger partial charge in [-0.3, -0.25) is 14.9 Å². The van der Waals surface area contributed by atoms with Crippen LogP contribution in [-0.2, 0) is 27.2 Å². The van der Waals surface area contributed by atoms with Gasteiger partial charge in [0.2, 0.25) is 5.91 Å². The number of hydrogen-bond donors (Lipinski definition) is 0. The van der Waals surface area contributed by atoms with Crippen LogP contribution < -0.4 is 4.90 Å². The lowest BCUT2D eigenvalue weighted by atomic mass is 10.0. The lowest BCUT2D eigenvalue weighted by molar-refractivity contribution is -0.388. The summed E-state index contributed by atoms with van der Waals surface area (Å²) >= 11 is 0.782. The van der Waals surface area contributed by atoms with Crippen LogP contribution in [-0.4, -0.2) is 37.8 Å². The number of amides is 1. The summed E-state index contributed by atoms with van der Waals surface area (Å²) in [5.41, 5.74) is -0.592. The first kappa shape index (κ1) is 23.1. The van der Waals surface area contributed by atoms with Crippen molar-refractivity contribution in [2.45, 2.75) is 28.8 Å². The summed E-state index contributed by atoms with van der Waals surface area (Å²) in [7, 11) is -3.40. The van der Waals surface area contributed by atoms with E-state index in [4.69, 9.17) is 0 Å².